The van der Waals surface area contributed by atoms with Gasteiger partial charge in [0.25, 0.3) is 0 Å². The number of rotatable bonds is 0. The molecule has 0 aliphatic carbocycles. The molecule has 0 saturated carbocycles. The molecule has 0 spiro atoms. The van der Waals surface area contributed by atoms with Crippen LogP contribution in [0.2, 0.25) is 0 Å². The monoisotopic (exact) mass is 335 g/mol. The molecule has 2 rings (SSSR count). The Morgan fingerprint density at radius 2 is 2.05 bits per heavy atom. The van der Waals surface area contributed by atoms with Gasteiger partial charge in [-0.15, -0.1) is 0 Å². The second-order valence-electron chi connectivity index (χ2n) is 5.76. The van der Waals surface area contributed by atoms with Gasteiger partial charge in [-0.05, 0) is 44.0 Å². The van der Waals surface area contributed by atoms with Gasteiger partial charge in [-0.1, -0.05) is 33.8 Å². The molecule has 106 valence electrons. The summed E-state index contributed by atoms with van der Waals surface area (Å²) in [6, 6.07) is 6.08. The van der Waals surface area contributed by atoms with E-state index in [0.717, 1.165) is 11.1 Å². The molecule has 0 bridgehead atoms. The summed E-state index contributed by atoms with van der Waals surface area (Å²) in [7, 11) is 0. The van der Waals surface area contributed by atoms with Gasteiger partial charge in [0.2, 0.25) is 0 Å². The lowest BCUT2D eigenvalue weighted by Crippen LogP contribution is -2.33. The van der Waals surface area contributed by atoms with Crippen molar-refractivity contribution in [2.24, 2.45) is 0 Å². The summed E-state index contributed by atoms with van der Waals surface area (Å²) in [4.78, 5) is 13.8. The van der Waals surface area contributed by atoms with Crippen molar-refractivity contribution in [2.45, 2.75) is 39.5 Å². The number of alkyl halides is 1. The number of fused-ring (bicyclic) bond motifs is 1. The Bertz CT molecular complexity index is 578. The Hall–Kier alpha value is -1.47. The van der Waals surface area contributed by atoms with Crippen molar-refractivity contribution >= 4 is 22.0 Å². The first-order chi connectivity index (χ1) is 9.39. The van der Waals surface area contributed by atoms with Crippen molar-refractivity contribution in [3.8, 4) is 11.8 Å². The normalized spacial score (nSPS) is 13.5. The first-order valence-corrected chi connectivity index (χ1v) is 7.66. The van der Waals surface area contributed by atoms with Crippen molar-refractivity contribution in [2.75, 3.05) is 5.33 Å². The van der Waals surface area contributed by atoms with Gasteiger partial charge in [0.05, 0.1) is 5.33 Å². The SMILES string of the molecule is CC(C)(C)OC(=O)N1Cc2ccc(C#CCBr)cc2C1. The minimum absolute atomic E-state index is 0.262. The van der Waals surface area contributed by atoms with E-state index in [2.05, 4.69) is 33.8 Å². The maximum atomic E-state index is 12.1. The smallest absolute Gasteiger partial charge is 0.410 e. The van der Waals surface area contributed by atoms with Crippen molar-refractivity contribution in [1.82, 2.24) is 4.90 Å². The summed E-state index contributed by atoms with van der Waals surface area (Å²) >= 11 is 3.28. The van der Waals surface area contributed by atoms with Gasteiger partial charge in [0.15, 0.2) is 0 Å². The van der Waals surface area contributed by atoms with E-state index in [4.69, 9.17) is 4.74 Å². The largest absolute Gasteiger partial charge is 0.444 e. The van der Waals surface area contributed by atoms with Crippen molar-refractivity contribution < 1.29 is 9.53 Å². The fourth-order valence-electron chi connectivity index (χ4n) is 2.06. The van der Waals surface area contributed by atoms with Crippen LogP contribution >= 0.6 is 15.9 Å². The summed E-state index contributed by atoms with van der Waals surface area (Å²) in [5.41, 5.74) is 2.84. The molecule has 0 fully saturated rings. The molecule has 1 aliphatic heterocycles. The Balaban J connectivity index is 2.09. The Labute approximate surface area is 128 Å². The summed E-state index contributed by atoms with van der Waals surface area (Å²) in [5, 5.41) is 0.661. The molecule has 1 heterocycles. The van der Waals surface area contributed by atoms with Crippen LogP contribution in [0.1, 0.15) is 37.5 Å². The summed E-state index contributed by atoms with van der Waals surface area (Å²) in [6.45, 7) is 6.83. The van der Waals surface area contributed by atoms with Crippen LogP contribution in [0.5, 0.6) is 0 Å². The fourth-order valence-corrected chi connectivity index (χ4v) is 2.20. The van der Waals surface area contributed by atoms with Crippen LogP contribution < -0.4 is 0 Å². The molecule has 0 aromatic heterocycles. The molecule has 0 N–H and O–H groups in total. The van der Waals surface area contributed by atoms with Crippen LogP contribution in [0, 0.1) is 11.8 Å². The van der Waals surface area contributed by atoms with E-state index in [1.807, 2.05) is 32.9 Å². The molecular weight excluding hydrogens is 318 g/mol. The summed E-state index contributed by atoms with van der Waals surface area (Å²) < 4.78 is 5.40. The number of ether oxygens (including phenoxy) is 1. The number of hydrogen-bond donors (Lipinski definition) is 0. The van der Waals surface area contributed by atoms with E-state index < -0.39 is 5.60 Å². The molecule has 20 heavy (non-hydrogen) atoms. The highest BCUT2D eigenvalue weighted by molar-refractivity contribution is 9.09. The van der Waals surface area contributed by atoms with E-state index in [1.165, 1.54) is 5.56 Å². The van der Waals surface area contributed by atoms with E-state index in [0.29, 0.717) is 18.4 Å². The lowest BCUT2D eigenvalue weighted by Gasteiger charge is -2.24. The van der Waals surface area contributed by atoms with Crippen LogP contribution in [-0.2, 0) is 17.8 Å². The average Bonchev–Trinajstić information content (AvgIpc) is 2.77. The van der Waals surface area contributed by atoms with Gasteiger partial charge in [0, 0.05) is 18.7 Å². The topological polar surface area (TPSA) is 29.5 Å². The van der Waals surface area contributed by atoms with Gasteiger partial charge in [0.1, 0.15) is 5.60 Å². The zero-order valence-corrected chi connectivity index (χ0v) is 13.6. The van der Waals surface area contributed by atoms with E-state index >= 15 is 0 Å². The van der Waals surface area contributed by atoms with Gasteiger partial charge >= 0.3 is 6.09 Å². The molecule has 1 aromatic carbocycles. The second kappa shape index (κ2) is 5.88. The number of amides is 1. The van der Waals surface area contributed by atoms with Crippen molar-refractivity contribution in [3.63, 3.8) is 0 Å². The highest BCUT2D eigenvalue weighted by atomic mass is 79.9. The first kappa shape index (κ1) is 14.9. The first-order valence-electron chi connectivity index (χ1n) is 6.53. The minimum Gasteiger partial charge on any atom is -0.444 e. The van der Waals surface area contributed by atoms with Crippen LogP contribution in [0.4, 0.5) is 4.79 Å². The van der Waals surface area contributed by atoms with Gasteiger partial charge in [-0.3, -0.25) is 4.90 Å². The van der Waals surface area contributed by atoms with Crippen LogP contribution in [0.3, 0.4) is 0 Å². The number of nitrogens with zero attached hydrogens (tertiary/aromatic N) is 1. The number of carbonyl (C=O) groups is 1. The summed E-state index contributed by atoms with van der Waals surface area (Å²) in [5.74, 6) is 6.06. The maximum Gasteiger partial charge on any atom is 0.410 e. The maximum absolute atomic E-state index is 12.1. The number of hydrogen-bond acceptors (Lipinski definition) is 2. The summed E-state index contributed by atoms with van der Waals surface area (Å²) in [6.07, 6.45) is -0.262. The van der Waals surface area contributed by atoms with Gasteiger partial charge in [-0.2, -0.15) is 0 Å². The third kappa shape index (κ3) is 3.77. The predicted octanol–water partition coefficient (Wildman–Crippen LogP) is 3.68. The lowest BCUT2D eigenvalue weighted by molar-refractivity contribution is 0.0242. The molecule has 0 unspecified atom stereocenters. The average molecular weight is 336 g/mol. The zero-order chi connectivity index (χ0) is 14.8. The molecule has 1 aliphatic rings. The number of benzene rings is 1. The van der Waals surface area contributed by atoms with Crippen LogP contribution in [-0.4, -0.2) is 21.9 Å². The van der Waals surface area contributed by atoms with E-state index in [9.17, 15) is 4.79 Å². The van der Waals surface area contributed by atoms with Crippen molar-refractivity contribution in [1.29, 1.82) is 0 Å². The highest BCUT2D eigenvalue weighted by Crippen LogP contribution is 2.25. The molecule has 4 heteroatoms. The molecule has 3 nitrogen and oxygen atoms in total. The Morgan fingerprint density at radius 1 is 1.35 bits per heavy atom. The number of carbonyl (C=O) groups excluding carboxylic acids is 1. The molecule has 0 saturated heterocycles. The Morgan fingerprint density at radius 3 is 2.70 bits per heavy atom. The molecular formula is C16H18BrNO2. The molecule has 1 amide bonds. The van der Waals surface area contributed by atoms with Crippen molar-refractivity contribution in [3.05, 3.63) is 34.9 Å². The predicted molar refractivity (Wildman–Crippen MR) is 82.6 cm³/mol. The van der Waals surface area contributed by atoms with E-state index in [-0.39, 0.29) is 6.09 Å². The minimum atomic E-state index is -0.460. The number of halogens is 1. The standard InChI is InChI=1S/C16H18BrNO2/c1-16(2,3)20-15(19)18-10-13-7-6-12(5-4-8-17)9-14(13)11-18/h6-7,9H,8,10-11H2,1-3H3. The lowest BCUT2D eigenvalue weighted by atomic mass is 10.1. The molecule has 1 aromatic rings. The Kier molecular flexibility index (Phi) is 4.39. The third-order valence-corrected chi connectivity index (χ3v) is 3.16. The fraction of sp³-hybridized carbons (Fsp3) is 0.438. The third-order valence-electron chi connectivity index (χ3n) is 2.88. The van der Waals surface area contributed by atoms with Gasteiger partial charge < -0.3 is 4.74 Å². The molecule has 0 atom stereocenters. The quantitative estimate of drug-likeness (QED) is 0.534. The van der Waals surface area contributed by atoms with Crippen LogP contribution in [0.15, 0.2) is 18.2 Å². The van der Waals surface area contributed by atoms with Gasteiger partial charge in [-0.25, -0.2) is 4.79 Å². The van der Waals surface area contributed by atoms with Crippen LogP contribution in [0.25, 0.3) is 0 Å². The second-order valence-corrected chi connectivity index (χ2v) is 6.32. The zero-order valence-electron chi connectivity index (χ0n) is 12.0. The van der Waals surface area contributed by atoms with E-state index in [1.54, 1.807) is 4.90 Å². The molecule has 0 radical (unpaired) electrons. The highest BCUT2D eigenvalue weighted by Gasteiger charge is 2.27.